The topological polar surface area (TPSA) is 50.9 Å². The quantitative estimate of drug-likeness (QED) is 0.565. The van der Waals surface area contributed by atoms with Gasteiger partial charge < -0.3 is 5.43 Å². The molecule has 0 aliphatic rings. The number of aromatic nitrogens is 1. The molecule has 0 unspecified atom stereocenters. The zero-order valence-electron chi connectivity index (χ0n) is 10.7. The number of anilines is 1. The molecule has 0 spiro atoms. The van der Waals surface area contributed by atoms with E-state index in [1.807, 2.05) is 0 Å². The molecule has 0 aliphatic carbocycles. The average Bonchev–Trinajstić information content (AvgIpc) is 2.91. The van der Waals surface area contributed by atoms with Gasteiger partial charge in [0.1, 0.15) is 5.82 Å². The van der Waals surface area contributed by atoms with Crippen LogP contribution in [0, 0.1) is 6.92 Å². The summed E-state index contributed by atoms with van der Waals surface area (Å²) in [6.07, 6.45) is 0.855. The molecule has 0 fully saturated rings. The van der Waals surface area contributed by atoms with Gasteiger partial charge in [0.25, 0.3) is 0 Å². The Morgan fingerprint density at radius 1 is 1.26 bits per heavy atom. The van der Waals surface area contributed by atoms with Crippen molar-refractivity contribution >= 4 is 28.1 Å². The zero-order valence-corrected chi connectivity index (χ0v) is 11.5. The standard InChI is InChI=1S/C15H15N3S/c1-10-4-2-5-11-8-12(9-13-6-3-7-19-13)15(18-16)17-14(10)11/h2-8H,9,16H2,1H3,(H,17,18). The summed E-state index contributed by atoms with van der Waals surface area (Å²) in [5.41, 5.74) is 6.02. The third-order valence-corrected chi connectivity index (χ3v) is 4.08. The number of rotatable bonds is 3. The van der Waals surface area contributed by atoms with Crippen LogP contribution in [-0.2, 0) is 6.42 Å². The summed E-state index contributed by atoms with van der Waals surface area (Å²) < 4.78 is 0. The highest BCUT2D eigenvalue weighted by atomic mass is 32.1. The van der Waals surface area contributed by atoms with Gasteiger partial charge in [0.15, 0.2) is 0 Å². The zero-order chi connectivity index (χ0) is 13.2. The van der Waals surface area contributed by atoms with Gasteiger partial charge in [-0.3, -0.25) is 0 Å². The summed E-state index contributed by atoms with van der Waals surface area (Å²) in [4.78, 5) is 5.95. The number of hydrogen-bond acceptors (Lipinski definition) is 4. The molecular weight excluding hydrogens is 254 g/mol. The van der Waals surface area contributed by atoms with Crippen molar-refractivity contribution in [2.24, 2.45) is 5.84 Å². The fourth-order valence-corrected chi connectivity index (χ4v) is 2.98. The van der Waals surface area contributed by atoms with Crippen LogP contribution in [-0.4, -0.2) is 4.98 Å². The van der Waals surface area contributed by atoms with E-state index in [2.05, 4.69) is 59.1 Å². The summed E-state index contributed by atoms with van der Waals surface area (Å²) in [5.74, 6) is 6.37. The van der Waals surface area contributed by atoms with Crippen molar-refractivity contribution in [3.8, 4) is 0 Å². The lowest BCUT2D eigenvalue weighted by Crippen LogP contribution is -2.11. The number of benzene rings is 1. The van der Waals surface area contributed by atoms with Gasteiger partial charge >= 0.3 is 0 Å². The van der Waals surface area contributed by atoms with Crippen molar-refractivity contribution in [1.82, 2.24) is 4.98 Å². The van der Waals surface area contributed by atoms with Crippen molar-refractivity contribution in [2.75, 3.05) is 5.43 Å². The maximum atomic E-state index is 5.61. The molecule has 0 atom stereocenters. The number of para-hydroxylation sites is 1. The van der Waals surface area contributed by atoms with E-state index in [4.69, 9.17) is 5.84 Å². The number of fused-ring (bicyclic) bond motifs is 1. The lowest BCUT2D eigenvalue weighted by atomic mass is 10.1. The van der Waals surface area contributed by atoms with Gasteiger partial charge in [0, 0.05) is 22.2 Å². The maximum absolute atomic E-state index is 5.61. The SMILES string of the molecule is Cc1cccc2cc(Cc3cccs3)c(NN)nc12. The van der Waals surface area contributed by atoms with Crippen molar-refractivity contribution < 1.29 is 0 Å². The molecule has 96 valence electrons. The molecule has 0 saturated heterocycles. The number of aryl methyl sites for hydroxylation is 1. The van der Waals surface area contributed by atoms with Crippen LogP contribution in [0.5, 0.6) is 0 Å². The van der Waals surface area contributed by atoms with Gasteiger partial charge in [-0.1, -0.05) is 24.3 Å². The molecule has 0 saturated carbocycles. The van der Waals surface area contributed by atoms with Gasteiger partial charge in [-0.05, 0) is 30.0 Å². The molecule has 3 N–H and O–H groups in total. The van der Waals surface area contributed by atoms with E-state index in [-0.39, 0.29) is 0 Å². The Balaban J connectivity index is 2.13. The van der Waals surface area contributed by atoms with Crippen LogP contribution in [0.1, 0.15) is 16.0 Å². The van der Waals surface area contributed by atoms with Crippen molar-refractivity contribution in [3.63, 3.8) is 0 Å². The number of nitrogens with one attached hydrogen (secondary N) is 1. The first-order chi connectivity index (χ1) is 9.28. The summed E-state index contributed by atoms with van der Waals surface area (Å²) in [6.45, 7) is 2.06. The highest BCUT2D eigenvalue weighted by Crippen LogP contribution is 2.25. The number of nitrogens with zero attached hydrogens (tertiary/aromatic N) is 1. The average molecular weight is 269 g/mol. The Bertz CT molecular complexity index is 705. The number of nitrogens with two attached hydrogens (primary N) is 1. The number of hydrogen-bond donors (Lipinski definition) is 2. The monoisotopic (exact) mass is 269 g/mol. The Labute approximate surface area is 116 Å². The number of pyridine rings is 1. The van der Waals surface area contributed by atoms with E-state index in [0.29, 0.717) is 0 Å². The van der Waals surface area contributed by atoms with Crippen molar-refractivity contribution in [1.29, 1.82) is 0 Å². The minimum Gasteiger partial charge on any atom is -0.308 e. The van der Waals surface area contributed by atoms with Crippen LogP contribution < -0.4 is 11.3 Å². The Hall–Kier alpha value is -1.91. The van der Waals surface area contributed by atoms with Gasteiger partial charge in [-0.25, -0.2) is 10.8 Å². The van der Waals surface area contributed by atoms with E-state index in [1.165, 1.54) is 4.88 Å². The Kier molecular flexibility index (Phi) is 3.19. The minimum atomic E-state index is 0.759. The molecule has 3 aromatic rings. The van der Waals surface area contributed by atoms with Crippen molar-refractivity contribution in [3.05, 3.63) is 57.8 Å². The van der Waals surface area contributed by atoms with Crippen LogP contribution in [0.4, 0.5) is 5.82 Å². The molecule has 1 aromatic carbocycles. The molecule has 0 radical (unpaired) electrons. The highest BCUT2D eigenvalue weighted by Gasteiger charge is 2.08. The minimum absolute atomic E-state index is 0.759. The second-order valence-corrected chi connectivity index (χ2v) is 5.58. The van der Waals surface area contributed by atoms with Gasteiger partial charge in [-0.2, -0.15) is 0 Å². The number of thiophene rings is 1. The smallest absolute Gasteiger partial charge is 0.144 e. The molecule has 2 heterocycles. The predicted molar refractivity (Wildman–Crippen MR) is 81.4 cm³/mol. The number of nitrogen functional groups attached to an aromatic ring is 1. The van der Waals surface area contributed by atoms with E-state index in [1.54, 1.807) is 11.3 Å². The normalized spacial score (nSPS) is 10.8. The molecular formula is C15H15N3S. The summed E-state index contributed by atoms with van der Waals surface area (Å²) >= 11 is 1.75. The van der Waals surface area contributed by atoms with Crippen LogP contribution in [0.2, 0.25) is 0 Å². The molecule has 0 bridgehead atoms. The molecule has 0 amide bonds. The second-order valence-electron chi connectivity index (χ2n) is 4.54. The first kappa shape index (κ1) is 12.1. The molecule has 3 rings (SSSR count). The molecule has 3 nitrogen and oxygen atoms in total. The lowest BCUT2D eigenvalue weighted by molar-refractivity contribution is 1.16. The molecule has 2 aromatic heterocycles. The third-order valence-electron chi connectivity index (χ3n) is 3.21. The summed E-state index contributed by atoms with van der Waals surface area (Å²) in [7, 11) is 0. The Morgan fingerprint density at radius 3 is 2.89 bits per heavy atom. The largest absolute Gasteiger partial charge is 0.308 e. The van der Waals surface area contributed by atoms with Gasteiger partial charge in [0.05, 0.1) is 5.52 Å². The first-order valence-corrected chi connectivity index (χ1v) is 7.04. The van der Waals surface area contributed by atoms with E-state index in [9.17, 15) is 0 Å². The first-order valence-electron chi connectivity index (χ1n) is 6.16. The molecule has 4 heteroatoms. The van der Waals surface area contributed by atoms with Gasteiger partial charge in [-0.15, -0.1) is 11.3 Å². The van der Waals surface area contributed by atoms with Crippen LogP contribution in [0.3, 0.4) is 0 Å². The highest BCUT2D eigenvalue weighted by molar-refractivity contribution is 7.09. The lowest BCUT2D eigenvalue weighted by Gasteiger charge is -2.10. The van der Waals surface area contributed by atoms with E-state index >= 15 is 0 Å². The summed E-state index contributed by atoms with van der Waals surface area (Å²) in [5, 5.41) is 3.24. The number of hydrazine groups is 1. The van der Waals surface area contributed by atoms with Crippen molar-refractivity contribution in [2.45, 2.75) is 13.3 Å². The fraction of sp³-hybridized carbons (Fsp3) is 0.133. The van der Waals surface area contributed by atoms with Crippen LogP contribution in [0.15, 0.2) is 41.8 Å². The Morgan fingerprint density at radius 2 is 2.16 bits per heavy atom. The maximum Gasteiger partial charge on any atom is 0.144 e. The third kappa shape index (κ3) is 2.32. The predicted octanol–water partition coefficient (Wildman–Crippen LogP) is 3.48. The fourth-order valence-electron chi connectivity index (χ4n) is 2.25. The van der Waals surface area contributed by atoms with E-state index < -0.39 is 0 Å². The molecule has 0 aliphatic heterocycles. The summed E-state index contributed by atoms with van der Waals surface area (Å²) in [6, 6.07) is 12.6. The molecule has 19 heavy (non-hydrogen) atoms. The van der Waals surface area contributed by atoms with E-state index in [0.717, 1.165) is 34.3 Å². The van der Waals surface area contributed by atoms with Crippen LogP contribution >= 0.6 is 11.3 Å². The second kappa shape index (κ2) is 4.99. The van der Waals surface area contributed by atoms with Crippen LogP contribution in [0.25, 0.3) is 10.9 Å². The van der Waals surface area contributed by atoms with Gasteiger partial charge in [0.2, 0.25) is 0 Å².